The monoisotopic (exact) mass is 519 g/mol. The molecule has 0 spiro atoms. The van der Waals surface area contributed by atoms with Crippen LogP contribution in [0.4, 0.5) is 5.69 Å². The van der Waals surface area contributed by atoms with Crippen molar-refractivity contribution >= 4 is 34.6 Å². The zero-order valence-corrected chi connectivity index (χ0v) is 22.2. The Morgan fingerprint density at radius 2 is 1.95 bits per heavy atom. The number of ether oxygens (including phenoxy) is 1. The normalized spacial score (nSPS) is 12.4. The second-order valence-electron chi connectivity index (χ2n) is 9.39. The van der Waals surface area contributed by atoms with Crippen LogP contribution in [0, 0.1) is 0 Å². The summed E-state index contributed by atoms with van der Waals surface area (Å²) >= 11 is 1.54. The minimum absolute atomic E-state index is 0.227. The third-order valence-electron chi connectivity index (χ3n) is 6.05. The van der Waals surface area contributed by atoms with Gasteiger partial charge in [-0.3, -0.25) is 0 Å². The highest BCUT2D eigenvalue weighted by Crippen LogP contribution is 2.24. The molecule has 2 aromatic heterocycles. The predicted octanol–water partition coefficient (Wildman–Crippen LogP) is 5.22. The van der Waals surface area contributed by atoms with E-state index in [9.17, 15) is 9.90 Å². The van der Waals surface area contributed by atoms with Gasteiger partial charge in [-0.1, -0.05) is 30.3 Å². The van der Waals surface area contributed by atoms with Gasteiger partial charge in [0.05, 0.1) is 36.3 Å². The first-order valence-electron chi connectivity index (χ1n) is 12.3. The molecule has 0 saturated carbocycles. The molecule has 1 atom stereocenters. The number of aliphatic hydroxyl groups is 1. The Kier molecular flexibility index (Phi) is 8.81. The van der Waals surface area contributed by atoms with Crippen LogP contribution in [0.25, 0.3) is 11.0 Å². The fourth-order valence-electron chi connectivity index (χ4n) is 3.85. The molecule has 2 heterocycles. The molecule has 8 nitrogen and oxygen atoms in total. The van der Waals surface area contributed by atoms with Crippen LogP contribution in [0.3, 0.4) is 0 Å². The first kappa shape index (κ1) is 26.7. The van der Waals surface area contributed by atoms with E-state index in [1.807, 2.05) is 59.2 Å². The van der Waals surface area contributed by atoms with E-state index in [0.717, 1.165) is 28.1 Å². The quantitative estimate of drug-likeness (QED) is 0.173. The van der Waals surface area contributed by atoms with Crippen LogP contribution >= 0.6 is 11.9 Å². The summed E-state index contributed by atoms with van der Waals surface area (Å²) in [5, 5.41) is 14.3. The minimum Gasteiger partial charge on any atom is -0.461 e. The number of hydrogen-bond donors (Lipinski definition) is 3. The fraction of sp³-hybridized carbons (Fsp3) is 0.321. The molecule has 0 aliphatic rings. The Morgan fingerprint density at radius 1 is 1.14 bits per heavy atom. The number of imidazole rings is 1. The number of nitrogens with one attached hydrogen (secondary N) is 2. The van der Waals surface area contributed by atoms with E-state index in [1.54, 1.807) is 25.5 Å². The third-order valence-corrected chi connectivity index (χ3v) is 6.89. The number of carbonyl (C=O) groups is 1. The Balaban J connectivity index is 1.30. The Bertz CT molecular complexity index is 1330. The van der Waals surface area contributed by atoms with Crippen molar-refractivity contribution in [1.82, 2.24) is 19.9 Å². The van der Waals surface area contributed by atoms with Gasteiger partial charge in [0.1, 0.15) is 0 Å². The number of rotatable bonds is 12. The maximum Gasteiger partial charge on any atom is 0.356 e. The highest BCUT2D eigenvalue weighted by atomic mass is 32.2. The topological polar surface area (TPSA) is 101 Å². The van der Waals surface area contributed by atoms with Crippen molar-refractivity contribution in [3.63, 3.8) is 0 Å². The van der Waals surface area contributed by atoms with Gasteiger partial charge in [-0.25, -0.2) is 14.8 Å². The summed E-state index contributed by atoms with van der Waals surface area (Å²) in [6.45, 7) is 7.44. The van der Waals surface area contributed by atoms with Crippen LogP contribution in [-0.2, 0) is 11.3 Å². The van der Waals surface area contributed by atoms with Crippen LogP contribution in [0.15, 0.2) is 78.1 Å². The van der Waals surface area contributed by atoms with Crippen molar-refractivity contribution in [2.45, 2.75) is 50.3 Å². The van der Waals surface area contributed by atoms with Crippen molar-refractivity contribution in [3.8, 4) is 0 Å². The molecule has 0 saturated heterocycles. The fourth-order valence-corrected chi connectivity index (χ4v) is 4.50. The molecular weight excluding hydrogens is 486 g/mol. The summed E-state index contributed by atoms with van der Waals surface area (Å²) in [5.74, 6) is -0.445. The van der Waals surface area contributed by atoms with Crippen molar-refractivity contribution in [2.24, 2.45) is 0 Å². The number of fused-ring (bicyclic) bond motifs is 1. The number of benzene rings is 2. The van der Waals surface area contributed by atoms with Gasteiger partial charge in [-0.15, -0.1) is 0 Å². The number of aromatic nitrogens is 3. The summed E-state index contributed by atoms with van der Waals surface area (Å²) in [6, 6.07) is 19.6. The molecular formula is C28H33N5O3S. The molecule has 194 valence electrons. The second kappa shape index (κ2) is 12.2. The number of carbonyl (C=O) groups excluding carboxylic acids is 1. The third kappa shape index (κ3) is 7.31. The summed E-state index contributed by atoms with van der Waals surface area (Å²) < 4.78 is 10.4. The number of pyridine rings is 1. The number of anilines is 1. The molecule has 37 heavy (non-hydrogen) atoms. The molecule has 0 radical (unpaired) electrons. The molecule has 0 amide bonds. The lowest BCUT2D eigenvalue weighted by Crippen LogP contribution is -2.42. The second-order valence-corrected chi connectivity index (χ2v) is 10.3. The molecule has 1 unspecified atom stereocenters. The highest BCUT2D eigenvalue weighted by Gasteiger charge is 2.20. The smallest absolute Gasteiger partial charge is 0.356 e. The van der Waals surface area contributed by atoms with E-state index in [0.29, 0.717) is 25.2 Å². The van der Waals surface area contributed by atoms with Gasteiger partial charge in [0.25, 0.3) is 0 Å². The maximum atomic E-state index is 11.9. The standard InChI is InChI=1S/C28H33N5O3S/c1-4-36-27(35)24-16-23-25(17-29-24)33(19-30-23)14-13-28(2,3)31-18-26(34)20-9-8-10-21(15-20)32-37-22-11-6-5-7-12-22/h5-12,15-17,19,26,31-32,34H,4,13-14,18H2,1-3H3. The van der Waals surface area contributed by atoms with E-state index < -0.39 is 12.1 Å². The number of hydrogen-bond acceptors (Lipinski definition) is 8. The number of aliphatic hydroxyl groups excluding tert-OH is 1. The van der Waals surface area contributed by atoms with Crippen molar-refractivity contribution in [1.29, 1.82) is 0 Å². The molecule has 4 aromatic rings. The van der Waals surface area contributed by atoms with E-state index in [-0.39, 0.29) is 11.2 Å². The van der Waals surface area contributed by atoms with Crippen LogP contribution < -0.4 is 10.0 Å². The average molecular weight is 520 g/mol. The minimum atomic E-state index is -0.637. The van der Waals surface area contributed by atoms with Gasteiger partial charge in [0, 0.05) is 29.2 Å². The van der Waals surface area contributed by atoms with Gasteiger partial charge >= 0.3 is 5.97 Å². The van der Waals surface area contributed by atoms with Crippen molar-refractivity contribution < 1.29 is 14.6 Å². The lowest BCUT2D eigenvalue weighted by atomic mass is 9.99. The number of nitrogens with zero attached hydrogens (tertiary/aromatic N) is 3. The first-order valence-corrected chi connectivity index (χ1v) is 13.2. The number of β-amino-alcohol motifs (C(OH)–C–C–N with tert-alkyl or cyclic N) is 1. The summed E-state index contributed by atoms with van der Waals surface area (Å²) in [7, 11) is 0. The zero-order valence-electron chi connectivity index (χ0n) is 21.3. The first-order chi connectivity index (χ1) is 17.8. The van der Waals surface area contributed by atoms with E-state index in [1.165, 1.54) is 11.9 Å². The summed E-state index contributed by atoms with van der Waals surface area (Å²) in [4.78, 5) is 21.7. The van der Waals surface area contributed by atoms with Crippen LogP contribution in [0.1, 0.15) is 49.3 Å². The van der Waals surface area contributed by atoms with Crippen molar-refractivity contribution in [3.05, 3.63) is 84.4 Å². The lowest BCUT2D eigenvalue weighted by molar-refractivity contribution is 0.0519. The molecule has 0 fully saturated rings. The largest absolute Gasteiger partial charge is 0.461 e. The van der Waals surface area contributed by atoms with Gasteiger partial charge < -0.3 is 24.4 Å². The average Bonchev–Trinajstić information content (AvgIpc) is 3.33. The van der Waals surface area contributed by atoms with Crippen molar-refractivity contribution in [2.75, 3.05) is 17.9 Å². The van der Waals surface area contributed by atoms with Gasteiger partial charge in [-0.2, -0.15) is 0 Å². The molecule has 0 bridgehead atoms. The Labute approximate surface area is 221 Å². The van der Waals surface area contributed by atoms with Gasteiger partial charge in [0.2, 0.25) is 0 Å². The summed E-state index contributed by atoms with van der Waals surface area (Å²) in [6.07, 6.45) is 3.59. The van der Waals surface area contributed by atoms with Crippen LogP contribution in [-0.4, -0.2) is 44.3 Å². The maximum absolute atomic E-state index is 11.9. The number of esters is 1. The van der Waals surface area contributed by atoms with Gasteiger partial charge in [0.15, 0.2) is 5.69 Å². The molecule has 2 aromatic carbocycles. The van der Waals surface area contributed by atoms with Gasteiger partial charge in [-0.05, 0) is 75.0 Å². The molecule has 0 aliphatic carbocycles. The Hall–Kier alpha value is -3.40. The number of aryl methyl sites for hydroxylation is 1. The zero-order chi connectivity index (χ0) is 26.3. The lowest BCUT2D eigenvalue weighted by Gasteiger charge is -2.28. The SMILES string of the molecule is CCOC(=O)c1cc2ncn(CCC(C)(C)NCC(O)c3cccc(NSc4ccccc4)c3)c2cn1. The van der Waals surface area contributed by atoms with Crippen LogP contribution in [0.5, 0.6) is 0 Å². The Morgan fingerprint density at radius 3 is 2.73 bits per heavy atom. The van der Waals surface area contributed by atoms with Crippen LogP contribution in [0.2, 0.25) is 0 Å². The molecule has 4 rings (SSSR count). The highest BCUT2D eigenvalue weighted by molar-refractivity contribution is 8.00. The van der Waals surface area contributed by atoms with E-state index in [4.69, 9.17) is 4.74 Å². The van der Waals surface area contributed by atoms with E-state index >= 15 is 0 Å². The molecule has 9 heteroatoms. The van der Waals surface area contributed by atoms with E-state index in [2.05, 4.69) is 33.9 Å². The molecule has 0 aliphatic heterocycles. The predicted molar refractivity (Wildman–Crippen MR) is 148 cm³/mol. The molecule has 3 N–H and O–H groups in total. The summed E-state index contributed by atoms with van der Waals surface area (Å²) in [5.41, 5.74) is 3.39.